The third-order valence-corrected chi connectivity index (χ3v) is 4.64. The van der Waals surface area contributed by atoms with E-state index < -0.39 is 0 Å². The normalized spacial score (nSPS) is 27.4. The van der Waals surface area contributed by atoms with Gasteiger partial charge in [0.2, 0.25) is 0 Å². The van der Waals surface area contributed by atoms with E-state index >= 15 is 0 Å². The molecule has 0 aliphatic carbocycles. The van der Waals surface area contributed by atoms with Crippen molar-refractivity contribution < 1.29 is 0 Å². The van der Waals surface area contributed by atoms with Crippen molar-refractivity contribution in [1.29, 1.82) is 0 Å². The van der Waals surface area contributed by atoms with E-state index in [1.54, 1.807) is 6.33 Å². The molecule has 2 aliphatic rings. The first-order chi connectivity index (χ1) is 9.20. The van der Waals surface area contributed by atoms with Crippen molar-refractivity contribution in [2.45, 2.75) is 38.3 Å². The van der Waals surface area contributed by atoms with Crippen molar-refractivity contribution in [1.82, 2.24) is 14.9 Å². The summed E-state index contributed by atoms with van der Waals surface area (Å²) in [6.45, 7) is 4.14. The smallest absolute Gasteiger partial charge is 0.148 e. The SMILES string of the molecule is Cc1c(NN)ncnc1N1CCC2CCC(C1)N2C. The Kier molecular flexibility index (Phi) is 3.28. The minimum Gasteiger partial charge on any atom is -0.355 e. The van der Waals surface area contributed by atoms with Gasteiger partial charge < -0.3 is 10.3 Å². The second kappa shape index (κ2) is 4.94. The van der Waals surface area contributed by atoms with Crippen LogP contribution in [0.1, 0.15) is 24.8 Å². The van der Waals surface area contributed by atoms with Crippen LogP contribution in [0, 0.1) is 6.92 Å². The number of aromatic nitrogens is 2. The molecular formula is C13H22N6. The summed E-state index contributed by atoms with van der Waals surface area (Å²) in [4.78, 5) is 13.5. The lowest BCUT2D eigenvalue weighted by Crippen LogP contribution is -2.37. The first kappa shape index (κ1) is 12.6. The van der Waals surface area contributed by atoms with Crippen LogP contribution in [0.25, 0.3) is 0 Å². The number of anilines is 2. The molecule has 3 rings (SSSR count). The van der Waals surface area contributed by atoms with Crippen LogP contribution in [0.3, 0.4) is 0 Å². The lowest BCUT2D eigenvalue weighted by molar-refractivity contribution is 0.254. The average Bonchev–Trinajstić information content (AvgIpc) is 2.64. The van der Waals surface area contributed by atoms with E-state index in [-0.39, 0.29) is 0 Å². The summed E-state index contributed by atoms with van der Waals surface area (Å²) < 4.78 is 0. The molecule has 1 aromatic heterocycles. The zero-order chi connectivity index (χ0) is 13.4. The lowest BCUT2D eigenvalue weighted by Gasteiger charge is -2.28. The predicted octanol–water partition coefficient (Wildman–Crippen LogP) is 0.744. The number of hydrogen-bond acceptors (Lipinski definition) is 6. The van der Waals surface area contributed by atoms with Gasteiger partial charge >= 0.3 is 0 Å². The molecule has 2 unspecified atom stereocenters. The van der Waals surface area contributed by atoms with E-state index in [1.807, 2.05) is 6.92 Å². The summed E-state index contributed by atoms with van der Waals surface area (Å²) >= 11 is 0. The van der Waals surface area contributed by atoms with Gasteiger partial charge in [0.15, 0.2) is 0 Å². The number of nitrogens with zero attached hydrogens (tertiary/aromatic N) is 4. The fraction of sp³-hybridized carbons (Fsp3) is 0.692. The van der Waals surface area contributed by atoms with Crippen LogP contribution >= 0.6 is 0 Å². The Hall–Kier alpha value is -1.40. The second-order valence-corrected chi connectivity index (χ2v) is 5.60. The van der Waals surface area contributed by atoms with Gasteiger partial charge in [0.25, 0.3) is 0 Å². The summed E-state index contributed by atoms with van der Waals surface area (Å²) in [5.41, 5.74) is 3.68. The average molecular weight is 262 g/mol. The highest BCUT2D eigenvalue weighted by atomic mass is 15.3. The Bertz CT molecular complexity index is 462. The molecule has 0 radical (unpaired) electrons. The van der Waals surface area contributed by atoms with E-state index in [0.29, 0.717) is 11.9 Å². The van der Waals surface area contributed by atoms with Crippen molar-refractivity contribution in [3.8, 4) is 0 Å². The van der Waals surface area contributed by atoms with Gasteiger partial charge in [-0.2, -0.15) is 0 Å². The van der Waals surface area contributed by atoms with Crippen LogP contribution in [0.4, 0.5) is 11.6 Å². The van der Waals surface area contributed by atoms with E-state index in [2.05, 4.69) is 32.2 Å². The van der Waals surface area contributed by atoms with E-state index in [1.165, 1.54) is 19.3 Å². The third-order valence-electron chi connectivity index (χ3n) is 4.64. The summed E-state index contributed by atoms with van der Waals surface area (Å²) in [5, 5.41) is 0. The highest BCUT2D eigenvalue weighted by molar-refractivity contribution is 5.57. The van der Waals surface area contributed by atoms with Crippen LogP contribution in [0.2, 0.25) is 0 Å². The van der Waals surface area contributed by atoms with E-state index in [0.717, 1.165) is 30.5 Å². The molecule has 2 bridgehead atoms. The molecule has 3 N–H and O–H groups in total. The molecule has 2 fully saturated rings. The molecule has 1 aromatic rings. The standard InChI is InChI=1S/C13H22N6/c1-9-12(17-14)15-8-16-13(9)19-6-5-10-3-4-11(7-19)18(10)2/h8,10-11H,3-7,14H2,1-2H3,(H,15,16,17). The minimum absolute atomic E-state index is 0.649. The first-order valence-electron chi connectivity index (χ1n) is 6.95. The largest absolute Gasteiger partial charge is 0.355 e. The summed E-state index contributed by atoms with van der Waals surface area (Å²) in [7, 11) is 2.26. The van der Waals surface area contributed by atoms with Crippen molar-refractivity contribution in [2.24, 2.45) is 5.84 Å². The van der Waals surface area contributed by atoms with Crippen molar-refractivity contribution in [3.05, 3.63) is 11.9 Å². The predicted molar refractivity (Wildman–Crippen MR) is 76.0 cm³/mol. The van der Waals surface area contributed by atoms with Gasteiger partial charge in [0, 0.05) is 30.7 Å². The van der Waals surface area contributed by atoms with Gasteiger partial charge in [-0.05, 0) is 33.2 Å². The molecule has 0 spiro atoms. The van der Waals surface area contributed by atoms with Gasteiger partial charge in [-0.15, -0.1) is 0 Å². The van der Waals surface area contributed by atoms with Crippen LogP contribution in [0.15, 0.2) is 6.33 Å². The molecule has 3 heterocycles. The fourth-order valence-corrected chi connectivity index (χ4v) is 3.41. The van der Waals surface area contributed by atoms with E-state index in [4.69, 9.17) is 5.84 Å². The monoisotopic (exact) mass is 262 g/mol. The molecular weight excluding hydrogens is 240 g/mol. The zero-order valence-electron chi connectivity index (χ0n) is 11.6. The summed E-state index contributed by atoms with van der Waals surface area (Å²) in [6.07, 6.45) is 5.43. The van der Waals surface area contributed by atoms with Crippen LogP contribution in [-0.4, -0.2) is 47.1 Å². The minimum atomic E-state index is 0.649. The van der Waals surface area contributed by atoms with Gasteiger partial charge in [0.1, 0.15) is 18.0 Å². The molecule has 2 saturated heterocycles. The number of likely N-dealkylation sites (N-methyl/N-ethyl adjacent to an activating group) is 1. The highest BCUT2D eigenvalue weighted by Crippen LogP contribution is 2.31. The summed E-state index contributed by atoms with van der Waals surface area (Å²) in [6, 6.07) is 1.39. The molecule has 19 heavy (non-hydrogen) atoms. The third kappa shape index (κ3) is 2.15. The van der Waals surface area contributed by atoms with Crippen LogP contribution in [0.5, 0.6) is 0 Å². The number of rotatable bonds is 2. The van der Waals surface area contributed by atoms with E-state index in [9.17, 15) is 0 Å². The molecule has 0 amide bonds. The molecule has 2 aliphatic heterocycles. The maximum absolute atomic E-state index is 5.50. The van der Waals surface area contributed by atoms with Gasteiger partial charge in [-0.1, -0.05) is 0 Å². The Morgan fingerprint density at radius 2 is 2.05 bits per heavy atom. The van der Waals surface area contributed by atoms with Gasteiger partial charge in [0.05, 0.1) is 0 Å². The Labute approximate surface area is 114 Å². The second-order valence-electron chi connectivity index (χ2n) is 5.60. The molecule has 104 valence electrons. The van der Waals surface area contributed by atoms with Gasteiger partial charge in [-0.25, -0.2) is 15.8 Å². The number of fused-ring (bicyclic) bond motifs is 2. The number of nitrogens with one attached hydrogen (secondary N) is 1. The number of hydrazine groups is 1. The Balaban J connectivity index is 1.87. The quantitative estimate of drug-likeness (QED) is 0.605. The molecule has 0 aromatic carbocycles. The zero-order valence-corrected chi connectivity index (χ0v) is 11.6. The molecule has 6 nitrogen and oxygen atoms in total. The molecule has 2 atom stereocenters. The maximum atomic E-state index is 5.50. The van der Waals surface area contributed by atoms with Crippen molar-refractivity contribution >= 4 is 11.6 Å². The molecule has 6 heteroatoms. The topological polar surface area (TPSA) is 70.3 Å². The highest BCUT2D eigenvalue weighted by Gasteiger charge is 2.35. The summed E-state index contributed by atoms with van der Waals surface area (Å²) in [5.74, 6) is 7.23. The maximum Gasteiger partial charge on any atom is 0.148 e. The molecule has 0 saturated carbocycles. The van der Waals surface area contributed by atoms with Crippen LogP contribution in [-0.2, 0) is 0 Å². The van der Waals surface area contributed by atoms with Gasteiger partial charge in [-0.3, -0.25) is 4.90 Å². The Morgan fingerprint density at radius 3 is 2.84 bits per heavy atom. The Morgan fingerprint density at radius 1 is 1.26 bits per heavy atom. The lowest BCUT2D eigenvalue weighted by atomic mass is 10.1. The number of hydrogen-bond donors (Lipinski definition) is 2. The number of nitrogen functional groups attached to an aromatic ring is 1. The fourth-order valence-electron chi connectivity index (χ4n) is 3.41. The first-order valence-corrected chi connectivity index (χ1v) is 6.95. The van der Waals surface area contributed by atoms with Crippen LogP contribution < -0.4 is 16.2 Å². The van der Waals surface area contributed by atoms with Crippen molar-refractivity contribution in [2.75, 3.05) is 30.5 Å². The van der Waals surface area contributed by atoms with Crippen molar-refractivity contribution in [3.63, 3.8) is 0 Å². The number of nitrogens with two attached hydrogens (primary N) is 1.